The van der Waals surface area contributed by atoms with Crippen LogP contribution in [0.5, 0.6) is 0 Å². The predicted molar refractivity (Wildman–Crippen MR) is 455 cm³/mol. The second kappa shape index (κ2) is 50.1. The second-order valence-corrected chi connectivity index (χ2v) is 36.9. The highest BCUT2D eigenvalue weighted by atomic mass is 16.7. The lowest BCUT2D eigenvalue weighted by Gasteiger charge is -2.49. The molecule has 6 aliphatic heterocycles. The summed E-state index contributed by atoms with van der Waals surface area (Å²) in [6.45, 7) is 34.9. The number of hydrogen-bond acceptors (Lipinski definition) is 34. The SMILES string of the molecule is CC[C@H]1OC(=O)[C@H](C)[C@@H](OC2C[C@@](C)(OC)[C@@H](OC(=O)CCN(C)C)[C@H](C)O2)[C@H](C)[C@@H](O[C@@H]2O[C@H](C)C[C@H](N(C)C)[C@H]2O)[C@](C)(OC)C[C@@H](C)C(=O)N[C@H](C)[C@@H](O)[C@]1(C)O.CC[C@H]1OC(=O)[C@H](C)[C@@H](OC2C[C@@](C)(OC)[C@@H](OC(=O)CCNC)[C@H](C)O2)[C@H](C)[C@@H](O[C@@H]2O[C@H](C)C[C@H](N(C)C)[C@H]2O)[C@](C)(OC)C[C@@H](C)C(=O)N[C@H](C)[C@@H](O)[C@]1(C)O.CO.O=CO. The Hall–Kier alpha value is -4.63. The van der Waals surface area contributed by atoms with Gasteiger partial charge in [-0.15, -0.1) is 0 Å². The van der Waals surface area contributed by atoms with E-state index in [1.54, 1.807) is 97.1 Å². The molecule has 0 aliphatic carbocycles. The number of nitrogens with zero attached hydrogens (tertiary/aromatic N) is 3. The second-order valence-electron chi connectivity index (χ2n) is 36.9. The molecule has 0 spiro atoms. The van der Waals surface area contributed by atoms with Crippen molar-refractivity contribution in [2.75, 3.05) is 98.0 Å². The smallest absolute Gasteiger partial charge is 0.311 e. The summed E-state index contributed by atoms with van der Waals surface area (Å²) in [5, 5.41) is 92.1. The molecule has 37 heteroatoms. The highest BCUT2D eigenvalue weighted by Crippen LogP contribution is 2.45. The third-order valence-corrected chi connectivity index (χ3v) is 26.1. The highest BCUT2D eigenvalue weighted by Gasteiger charge is 2.58. The maximum atomic E-state index is 14.4. The summed E-state index contributed by atoms with van der Waals surface area (Å²) in [6.07, 6.45) is -17.5. The number of carboxylic acid groups (broad SMARTS) is 1. The number of carbonyl (C=O) groups is 7. The minimum Gasteiger partial charge on any atom is -0.483 e. The van der Waals surface area contributed by atoms with Crippen LogP contribution in [0, 0.1) is 35.5 Å². The van der Waals surface area contributed by atoms with E-state index in [1.807, 2.05) is 91.6 Å². The van der Waals surface area contributed by atoms with E-state index in [2.05, 4.69) is 16.0 Å². The quantitative estimate of drug-likeness (QED) is 0.0374. The van der Waals surface area contributed by atoms with Gasteiger partial charge in [0.15, 0.2) is 37.4 Å². The largest absolute Gasteiger partial charge is 0.483 e. The number of aliphatic hydroxyl groups excluding tert-OH is 5. The molecule has 6 rings (SSSR count). The Morgan fingerprint density at radius 3 is 1.11 bits per heavy atom. The van der Waals surface area contributed by atoms with Crippen LogP contribution in [0.15, 0.2) is 0 Å². The first-order valence-corrected chi connectivity index (χ1v) is 43.7. The highest BCUT2D eigenvalue weighted by molar-refractivity contribution is 5.79. The van der Waals surface area contributed by atoms with Crippen molar-refractivity contribution >= 4 is 42.2 Å². The molecule has 6 heterocycles. The zero-order valence-corrected chi connectivity index (χ0v) is 80.2. The Balaban J connectivity index is 0.000000609. The molecule has 0 radical (unpaired) electrons. The van der Waals surface area contributed by atoms with Gasteiger partial charge in [-0.25, -0.2) is 0 Å². The average molecular weight is 1790 g/mol. The van der Waals surface area contributed by atoms with E-state index in [-0.39, 0.29) is 82.1 Å². The van der Waals surface area contributed by atoms with Gasteiger partial charge in [-0.2, -0.15) is 0 Å². The number of hydrogen-bond donors (Lipinski definition) is 11. The van der Waals surface area contributed by atoms with Gasteiger partial charge in [-0.05, 0) is 185 Å². The molecule has 726 valence electrons. The molecule has 2 amide bonds. The molecular formula is C87H162N6O31. The van der Waals surface area contributed by atoms with Crippen molar-refractivity contribution in [3.63, 3.8) is 0 Å². The molecule has 6 saturated heterocycles. The third-order valence-electron chi connectivity index (χ3n) is 26.1. The van der Waals surface area contributed by atoms with Crippen LogP contribution in [0.4, 0.5) is 0 Å². The Morgan fingerprint density at radius 1 is 0.508 bits per heavy atom. The van der Waals surface area contributed by atoms with Gasteiger partial charge in [0.25, 0.3) is 6.47 Å². The topological polar surface area (TPSA) is 475 Å². The number of aliphatic hydroxyl groups is 7. The van der Waals surface area contributed by atoms with Crippen molar-refractivity contribution in [3.05, 3.63) is 0 Å². The molecular weight excluding hydrogens is 1620 g/mol. The van der Waals surface area contributed by atoms with E-state index in [9.17, 15) is 59.4 Å². The van der Waals surface area contributed by atoms with Crippen molar-refractivity contribution in [2.24, 2.45) is 35.5 Å². The van der Waals surface area contributed by atoms with Crippen LogP contribution >= 0.6 is 0 Å². The first-order chi connectivity index (χ1) is 57.6. The van der Waals surface area contributed by atoms with Gasteiger partial charge in [0.05, 0.1) is 96.8 Å². The van der Waals surface area contributed by atoms with Gasteiger partial charge in [-0.1, -0.05) is 41.5 Å². The zero-order valence-electron chi connectivity index (χ0n) is 80.2. The maximum absolute atomic E-state index is 14.4. The molecule has 6 aliphatic rings. The normalized spacial score (nSPS) is 42.7. The summed E-state index contributed by atoms with van der Waals surface area (Å²) in [7, 11) is 20.0. The Morgan fingerprint density at radius 2 is 0.823 bits per heavy atom. The fourth-order valence-corrected chi connectivity index (χ4v) is 18.2. The van der Waals surface area contributed by atoms with E-state index >= 15 is 0 Å². The summed E-state index contributed by atoms with van der Waals surface area (Å²) in [4.78, 5) is 96.3. The van der Waals surface area contributed by atoms with Gasteiger partial charge in [0.2, 0.25) is 11.8 Å². The number of methoxy groups -OCH3 is 4. The van der Waals surface area contributed by atoms with Gasteiger partial charge in [-0.3, -0.25) is 33.6 Å². The van der Waals surface area contributed by atoms with Gasteiger partial charge >= 0.3 is 23.9 Å². The minimum atomic E-state index is -1.97. The standard InChI is InChI=1S/C43H79N3O14.C42H77N3O14.CH2O2.CH4O/c1-17-30-43(10,52)35(49)27(6)44-38(50)23(2)21-41(8,53-15)36(60-40-33(48)29(46(13)14)20-24(3)55-40)25(4)34(26(5)39(51)57-30)59-32-22-42(9,54-16)37(28(7)56-32)58-31(47)18-19-45(11)12;1-16-29-42(10,51)34(48)26(6)44-37(49)22(2)20-40(8,52-14)35(59-39-32(47)28(45(12)13)19-23(3)54-39)24(4)33(25(5)38(50)56-29)58-31-21-41(9,53-15)36(27(7)55-31)57-30(46)17-18-43-11;2-1-3;1-2/h23-30,32-37,40,48-49,52H,17-22H2,1-16H3,(H,44,50);22-29,31-36,39,43,47-48,51H,16-21H2,1-15H3,(H,44,49);1H,(H,2,3);2H,1H3/t23-,24-,25+,26-,27-,28+,29+,30-,32?,33-,34+,35-,36-,37+,40+,41-,42-,43-;22-,23-,24+,25-,26-,27+,28+,29-,31?,32-,33+,34-,35-,36+,39+,40-,41-,42-;;/m11../s1. The van der Waals surface area contributed by atoms with E-state index in [1.165, 1.54) is 42.3 Å². The molecule has 11 N–H and O–H groups in total. The third kappa shape index (κ3) is 29.4. The molecule has 0 aromatic rings. The number of esters is 4. The van der Waals surface area contributed by atoms with E-state index < -0.39 is 228 Å². The van der Waals surface area contributed by atoms with Crippen molar-refractivity contribution in [3.8, 4) is 0 Å². The molecule has 0 saturated carbocycles. The number of amides is 2. The Kier molecular flexibility index (Phi) is 45.9. The number of rotatable bonds is 24. The molecule has 36 atom stereocenters. The van der Waals surface area contributed by atoms with Crippen molar-refractivity contribution in [1.82, 2.24) is 30.7 Å². The molecule has 2 unspecified atom stereocenters. The maximum Gasteiger partial charge on any atom is 0.311 e. The van der Waals surface area contributed by atoms with Crippen molar-refractivity contribution in [1.29, 1.82) is 0 Å². The lowest BCUT2D eigenvalue weighted by molar-refractivity contribution is -0.320. The summed E-state index contributed by atoms with van der Waals surface area (Å²) >= 11 is 0. The van der Waals surface area contributed by atoms with Crippen LogP contribution in [0.2, 0.25) is 0 Å². The summed E-state index contributed by atoms with van der Waals surface area (Å²) in [5.41, 5.74) is -8.65. The van der Waals surface area contributed by atoms with Gasteiger partial charge in [0.1, 0.15) is 59.0 Å². The van der Waals surface area contributed by atoms with Crippen LogP contribution in [0.3, 0.4) is 0 Å². The lowest BCUT2D eigenvalue weighted by atomic mass is 9.77. The Bertz CT molecular complexity index is 3240. The van der Waals surface area contributed by atoms with E-state index in [4.69, 9.17) is 90.8 Å². The number of cyclic esters (lactones) is 2. The van der Waals surface area contributed by atoms with Crippen LogP contribution < -0.4 is 16.0 Å². The number of nitrogens with one attached hydrogen (secondary N) is 3. The first kappa shape index (κ1) is 114. The molecule has 0 bridgehead atoms. The first-order valence-electron chi connectivity index (χ1n) is 43.7. The van der Waals surface area contributed by atoms with Crippen LogP contribution in [-0.2, 0) is 109 Å². The van der Waals surface area contributed by atoms with Crippen LogP contribution in [-0.4, -0.2) is 376 Å². The van der Waals surface area contributed by atoms with E-state index in [0.29, 0.717) is 25.9 Å². The van der Waals surface area contributed by atoms with E-state index in [0.717, 1.165) is 7.11 Å². The lowest BCUT2D eigenvalue weighted by Crippen LogP contribution is -2.61. The monoisotopic (exact) mass is 1790 g/mol. The molecule has 0 aromatic heterocycles. The zero-order chi connectivity index (χ0) is 95.1. The number of ether oxygens (including phenoxy) is 16. The fraction of sp³-hybridized carbons (Fsp3) is 0.920. The minimum absolute atomic E-state index is 0.0848. The van der Waals surface area contributed by atoms with Crippen molar-refractivity contribution < 1.29 is 150 Å². The molecule has 124 heavy (non-hydrogen) atoms. The summed E-state index contributed by atoms with van der Waals surface area (Å²) in [6, 6.07) is -2.49. The number of carbonyl (C=O) groups excluding carboxylic acids is 6. The predicted octanol–water partition coefficient (Wildman–Crippen LogP) is 3.45. The molecule has 0 aromatic carbocycles. The fourth-order valence-electron chi connectivity index (χ4n) is 18.2. The summed E-state index contributed by atoms with van der Waals surface area (Å²) < 4.78 is 101. The number of likely N-dealkylation sites (N-methyl/N-ethyl adjacent to an activating group) is 2. The Labute approximate surface area is 736 Å². The van der Waals surface area contributed by atoms with Crippen molar-refractivity contribution in [2.45, 2.75) is 383 Å². The average Bonchev–Trinajstić information content (AvgIpc) is 1.07. The van der Waals surface area contributed by atoms with Crippen LogP contribution in [0.25, 0.3) is 0 Å². The van der Waals surface area contributed by atoms with Gasteiger partial charge < -0.3 is 147 Å². The molecule has 6 fully saturated rings. The van der Waals surface area contributed by atoms with Crippen LogP contribution in [0.1, 0.15) is 203 Å². The summed E-state index contributed by atoms with van der Waals surface area (Å²) in [5.74, 6) is -8.23. The van der Waals surface area contributed by atoms with Gasteiger partial charge in [0, 0.05) is 97.2 Å². The molecule has 37 nitrogen and oxygen atoms in total.